The predicted octanol–water partition coefficient (Wildman–Crippen LogP) is 4.38. The van der Waals surface area contributed by atoms with Crippen molar-refractivity contribution in [2.45, 2.75) is 56.6 Å². The Morgan fingerprint density at radius 2 is 1.70 bits per heavy atom. The van der Waals surface area contributed by atoms with Crippen LogP contribution in [0.15, 0.2) is 67.3 Å². The summed E-state index contributed by atoms with van der Waals surface area (Å²) >= 11 is 0. The van der Waals surface area contributed by atoms with E-state index in [0.29, 0.717) is 26.2 Å². The Kier molecular flexibility index (Phi) is 9.01. The number of aliphatic hydroxyl groups is 1. The van der Waals surface area contributed by atoms with Gasteiger partial charge in [0.1, 0.15) is 11.4 Å². The number of carbonyl (C=O) groups is 2. The number of hydrogen-bond acceptors (Lipinski definition) is 4. The molecule has 2 saturated heterocycles. The van der Waals surface area contributed by atoms with E-state index in [9.17, 15) is 19.1 Å². The van der Waals surface area contributed by atoms with E-state index in [2.05, 4.69) is 11.5 Å². The molecule has 0 spiro atoms. The molecule has 214 valence electrons. The molecule has 40 heavy (non-hydrogen) atoms. The number of amides is 2. The lowest BCUT2D eigenvalue weighted by Gasteiger charge is -2.40. The van der Waals surface area contributed by atoms with E-state index in [0.717, 1.165) is 62.7 Å². The van der Waals surface area contributed by atoms with Gasteiger partial charge >= 0.3 is 0 Å². The number of likely N-dealkylation sites (tertiary alicyclic amines) is 2. The molecule has 1 saturated carbocycles. The van der Waals surface area contributed by atoms with Crippen LogP contribution in [0.5, 0.6) is 0 Å². The summed E-state index contributed by atoms with van der Waals surface area (Å²) in [4.78, 5) is 32.7. The van der Waals surface area contributed by atoms with Crippen molar-refractivity contribution in [3.8, 4) is 0 Å². The Hall–Kier alpha value is -3.03. The summed E-state index contributed by atoms with van der Waals surface area (Å²) in [5.41, 5.74) is 0.600. The van der Waals surface area contributed by atoms with Gasteiger partial charge in [-0.3, -0.25) is 9.59 Å². The maximum atomic E-state index is 13.3. The molecule has 0 radical (unpaired) electrons. The molecule has 1 aliphatic carbocycles. The molecule has 2 aromatic rings. The van der Waals surface area contributed by atoms with Crippen molar-refractivity contribution < 1.29 is 19.1 Å². The van der Waals surface area contributed by atoms with Gasteiger partial charge in [-0.25, -0.2) is 4.39 Å². The molecule has 2 aromatic carbocycles. The van der Waals surface area contributed by atoms with Crippen LogP contribution in [0.2, 0.25) is 0 Å². The molecule has 7 heteroatoms. The van der Waals surface area contributed by atoms with Crippen LogP contribution in [0, 0.1) is 17.7 Å². The fourth-order valence-corrected chi connectivity index (χ4v) is 6.96. The largest absolute Gasteiger partial charge is 0.383 e. The summed E-state index contributed by atoms with van der Waals surface area (Å²) in [7, 11) is 0. The summed E-state index contributed by atoms with van der Waals surface area (Å²) < 4.78 is 13.3. The van der Waals surface area contributed by atoms with Crippen molar-refractivity contribution in [3.05, 3.63) is 84.2 Å². The first-order valence-corrected chi connectivity index (χ1v) is 14.8. The molecular formula is C33H42FN3O3. The third-order valence-electron chi connectivity index (χ3n) is 9.23. The minimum atomic E-state index is -1.08. The van der Waals surface area contributed by atoms with Crippen LogP contribution in [-0.2, 0) is 21.6 Å². The second-order valence-electron chi connectivity index (χ2n) is 11.9. The van der Waals surface area contributed by atoms with Crippen LogP contribution in [0.1, 0.15) is 49.7 Å². The van der Waals surface area contributed by atoms with Gasteiger partial charge in [-0.1, -0.05) is 61.4 Å². The number of nitrogens with zero attached hydrogens (tertiary/aromatic N) is 3. The normalized spacial score (nSPS) is 24.4. The van der Waals surface area contributed by atoms with Crippen molar-refractivity contribution >= 4 is 11.8 Å². The number of β-amino-alcohol motifs (C(OH)–C–C–N with tert-alkyl or cyclic N) is 1. The summed E-state index contributed by atoms with van der Waals surface area (Å²) in [6, 6.07) is 16.0. The van der Waals surface area contributed by atoms with E-state index in [-0.39, 0.29) is 41.9 Å². The van der Waals surface area contributed by atoms with Gasteiger partial charge in [-0.15, -0.1) is 6.58 Å². The molecule has 6 nitrogen and oxygen atoms in total. The Labute approximate surface area is 237 Å². The first-order valence-electron chi connectivity index (χ1n) is 14.8. The highest BCUT2D eigenvalue weighted by atomic mass is 19.1. The number of rotatable bonds is 9. The molecule has 0 unspecified atom stereocenters. The minimum Gasteiger partial charge on any atom is -0.383 e. The summed E-state index contributed by atoms with van der Waals surface area (Å²) in [5, 5.41) is 12.0. The second kappa shape index (κ2) is 12.6. The monoisotopic (exact) mass is 547 g/mol. The molecular weight excluding hydrogens is 505 g/mol. The third kappa shape index (κ3) is 6.31. The van der Waals surface area contributed by atoms with Crippen LogP contribution in [-0.4, -0.2) is 76.9 Å². The Morgan fingerprint density at radius 1 is 1.02 bits per heavy atom. The highest BCUT2D eigenvalue weighted by Gasteiger charge is 2.49. The van der Waals surface area contributed by atoms with Crippen LogP contribution in [0.3, 0.4) is 0 Å². The fraction of sp³-hybridized carbons (Fsp3) is 0.515. The standard InChI is InChI=1S/C33H42FN3O3/c1-2-18-37(31(38)21-25-12-14-29(34)15-13-25)30-16-19-35(20-17-30)22-28-23-36(32(39)26-8-6-7-9-26)24-33(28,40)27-10-4-3-5-11-27/h2-5,10-15,26,28,30,40H,1,6-9,16-24H2/t28-,33-/m0/s1. The van der Waals surface area contributed by atoms with E-state index in [1.54, 1.807) is 18.2 Å². The van der Waals surface area contributed by atoms with Crippen LogP contribution in [0.25, 0.3) is 0 Å². The van der Waals surface area contributed by atoms with Gasteiger partial charge in [0.25, 0.3) is 0 Å². The summed E-state index contributed by atoms with van der Waals surface area (Å²) in [5.74, 6) is -0.0639. The summed E-state index contributed by atoms with van der Waals surface area (Å²) in [6.07, 6.45) is 7.82. The Balaban J connectivity index is 1.23. The average Bonchev–Trinajstić information content (AvgIpc) is 3.63. The molecule has 1 N–H and O–H groups in total. The first-order chi connectivity index (χ1) is 19.4. The highest BCUT2D eigenvalue weighted by Crippen LogP contribution is 2.40. The highest BCUT2D eigenvalue weighted by molar-refractivity contribution is 5.80. The third-order valence-corrected chi connectivity index (χ3v) is 9.23. The molecule has 0 aromatic heterocycles. The molecule has 3 fully saturated rings. The van der Waals surface area contributed by atoms with Crippen molar-refractivity contribution in [2.75, 3.05) is 39.3 Å². The smallest absolute Gasteiger partial charge is 0.227 e. The number of hydrogen-bond donors (Lipinski definition) is 1. The van der Waals surface area contributed by atoms with Crippen molar-refractivity contribution in [1.82, 2.24) is 14.7 Å². The van der Waals surface area contributed by atoms with Crippen LogP contribution < -0.4 is 0 Å². The Morgan fingerprint density at radius 3 is 2.35 bits per heavy atom. The number of carbonyl (C=O) groups excluding carboxylic acids is 2. The molecule has 2 amide bonds. The molecule has 2 heterocycles. The predicted molar refractivity (Wildman–Crippen MR) is 154 cm³/mol. The maximum Gasteiger partial charge on any atom is 0.227 e. The van der Waals surface area contributed by atoms with E-state index >= 15 is 0 Å². The van der Waals surface area contributed by atoms with Crippen molar-refractivity contribution in [1.29, 1.82) is 0 Å². The van der Waals surface area contributed by atoms with Gasteiger partial charge in [0.2, 0.25) is 11.8 Å². The van der Waals surface area contributed by atoms with Gasteiger partial charge < -0.3 is 19.8 Å². The lowest BCUT2D eigenvalue weighted by Crippen LogP contribution is -2.50. The number of benzene rings is 2. The van der Waals surface area contributed by atoms with E-state index in [1.165, 1.54) is 12.1 Å². The van der Waals surface area contributed by atoms with E-state index in [1.807, 2.05) is 40.1 Å². The lowest BCUT2D eigenvalue weighted by atomic mass is 9.83. The quantitative estimate of drug-likeness (QED) is 0.474. The topological polar surface area (TPSA) is 64.1 Å². The fourth-order valence-electron chi connectivity index (χ4n) is 6.96. The second-order valence-corrected chi connectivity index (χ2v) is 11.9. The summed E-state index contributed by atoms with van der Waals surface area (Å²) in [6.45, 7) is 7.61. The first kappa shape index (κ1) is 28.5. The maximum absolute atomic E-state index is 13.3. The Bertz CT molecular complexity index is 1160. The van der Waals surface area contributed by atoms with Crippen molar-refractivity contribution in [2.24, 2.45) is 11.8 Å². The van der Waals surface area contributed by atoms with E-state index in [4.69, 9.17) is 0 Å². The number of piperidine rings is 1. The van der Waals surface area contributed by atoms with Gasteiger partial charge in [0.05, 0.1) is 13.0 Å². The molecule has 3 aliphatic rings. The zero-order valence-electron chi connectivity index (χ0n) is 23.4. The van der Waals surface area contributed by atoms with Gasteiger partial charge in [0, 0.05) is 50.6 Å². The van der Waals surface area contributed by atoms with Crippen LogP contribution >= 0.6 is 0 Å². The molecule has 2 aliphatic heterocycles. The minimum absolute atomic E-state index is 0.0280. The van der Waals surface area contributed by atoms with Gasteiger partial charge in [-0.2, -0.15) is 0 Å². The van der Waals surface area contributed by atoms with Gasteiger partial charge in [-0.05, 0) is 48.9 Å². The lowest BCUT2D eigenvalue weighted by molar-refractivity contribution is -0.135. The number of halogens is 1. The molecule has 5 rings (SSSR count). The molecule has 0 bridgehead atoms. The average molecular weight is 548 g/mol. The van der Waals surface area contributed by atoms with Crippen LogP contribution in [0.4, 0.5) is 4.39 Å². The SMILES string of the molecule is C=CCN(C(=O)Cc1ccc(F)cc1)C1CCN(C[C@H]2CN(C(=O)C3CCCC3)C[C@]2(O)c2ccccc2)CC1. The zero-order valence-corrected chi connectivity index (χ0v) is 23.4. The zero-order chi connectivity index (χ0) is 28.1. The van der Waals surface area contributed by atoms with E-state index < -0.39 is 5.60 Å². The van der Waals surface area contributed by atoms with Gasteiger partial charge in [0.15, 0.2) is 0 Å². The molecule has 2 atom stereocenters. The van der Waals surface area contributed by atoms with Crippen molar-refractivity contribution in [3.63, 3.8) is 0 Å².